The average molecular weight is 309 g/mol. The van der Waals surface area contributed by atoms with E-state index in [9.17, 15) is 18.0 Å². The molecule has 0 fully saturated rings. The van der Waals surface area contributed by atoms with Crippen molar-refractivity contribution in [2.75, 3.05) is 0 Å². The van der Waals surface area contributed by atoms with E-state index < -0.39 is 17.7 Å². The molecule has 22 heavy (non-hydrogen) atoms. The van der Waals surface area contributed by atoms with Crippen molar-refractivity contribution in [3.8, 4) is 11.3 Å². The van der Waals surface area contributed by atoms with E-state index in [1.807, 2.05) is 0 Å². The topological polar surface area (TPSA) is 50.2 Å². The Morgan fingerprint density at radius 3 is 2.45 bits per heavy atom. The number of aromatic nitrogens is 1. The molecule has 0 radical (unpaired) electrons. The quantitative estimate of drug-likeness (QED) is 0.901. The number of carboxylic acids is 1. The van der Waals surface area contributed by atoms with Crippen LogP contribution in [0.3, 0.4) is 0 Å². The fourth-order valence-electron chi connectivity index (χ4n) is 2.14. The Morgan fingerprint density at radius 1 is 1.18 bits per heavy atom. The molecule has 0 aliphatic heterocycles. The molecule has 0 saturated carbocycles. The Kier molecular flexibility index (Phi) is 4.80. The lowest BCUT2D eigenvalue weighted by molar-refractivity contribution is -0.138. The van der Waals surface area contributed by atoms with E-state index in [2.05, 4.69) is 4.98 Å². The van der Waals surface area contributed by atoms with Gasteiger partial charge in [-0.3, -0.25) is 9.78 Å². The number of rotatable bonds is 5. The van der Waals surface area contributed by atoms with Crippen LogP contribution in [-0.2, 0) is 17.4 Å². The van der Waals surface area contributed by atoms with Crippen molar-refractivity contribution in [1.29, 1.82) is 0 Å². The van der Waals surface area contributed by atoms with Gasteiger partial charge in [-0.15, -0.1) is 0 Å². The second-order valence-corrected chi connectivity index (χ2v) is 4.84. The van der Waals surface area contributed by atoms with Crippen LogP contribution in [0.5, 0.6) is 0 Å². The number of pyridine rings is 1. The van der Waals surface area contributed by atoms with E-state index in [4.69, 9.17) is 5.11 Å². The minimum Gasteiger partial charge on any atom is -0.481 e. The molecule has 6 heteroatoms. The summed E-state index contributed by atoms with van der Waals surface area (Å²) >= 11 is 0. The van der Waals surface area contributed by atoms with Crippen molar-refractivity contribution >= 4 is 5.97 Å². The lowest BCUT2D eigenvalue weighted by Crippen LogP contribution is -2.08. The highest BCUT2D eigenvalue weighted by Crippen LogP contribution is 2.32. The Hall–Kier alpha value is -2.37. The fraction of sp³-hybridized carbons (Fsp3) is 0.250. The summed E-state index contributed by atoms with van der Waals surface area (Å²) in [5.74, 6) is -0.971. The zero-order valence-corrected chi connectivity index (χ0v) is 11.6. The van der Waals surface area contributed by atoms with Crippen molar-refractivity contribution in [2.24, 2.45) is 0 Å². The molecule has 0 aliphatic carbocycles. The van der Waals surface area contributed by atoms with Crippen LogP contribution in [0.2, 0.25) is 0 Å². The summed E-state index contributed by atoms with van der Waals surface area (Å²) in [5, 5.41) is 8.67. The van der Waals surface area contributed by atoms with Crippen LogP contribution in [0.4, 0.5) is 13.2 Å². The van der Waals surface area contributed by atoms with Crippen molar-refractivity contribution in [1.82, 2.24) is 4.98 Å². The number of alkyl halides is 3. The van der Waals surface area contributed by atoms with Gasteiger partial charge in [-0.05, 0) is 24.5 Å². The van der Waals surface area contributed by atoms with Crippen LogP contribution < -0.4 is 0 Å². The Bertz CT molecular complexity index is 654. The van der Waals surface area contributed by atoms with Gasteiger partial charge < -0.3 is 5.11 Å². The first-order valence-electron chi connectivity index (χ1n) is 6.71. The van der Waals surface area contributed by atoms with Crippen LogP contribution >= 0.6 is 0 Å². The molecule has 1 aromatic carbocycles. The van der Waals surface area contributed by atoms with Gasteiger partial charge in [0.1, 0.15) is 0 Å². The molecule has 116 valence electrons. The van der Waals surface area contributed by atoms with Crippen LogP contribution in [0.25, 0.3) is 11.3 Å². The molecule has 0 aliphatic rings. The van der Waals surface area contributed by atoms with E-state index in [1.54, 1.807) is 30.3 Å². The van der Waals surface area contributed by atoms with Gasteiger partial charge >= 0.3 is 12.1 Å². The van der Waals surface area contributed by atoms with Gasteiger partial charge in [0, 0.05) is 18.2 Å². The number of halogens is 3. The Balaban J connectivity index is 2.37. The zero-order chi connectivity index (χ0) is 16.2. The predicted molar refractivity (Wildman–Crippen MR) is 75.2 cm³/mol. The number of aliphatic carboxylic acids is 1. The lowest BCUT2D eigenvalue weighted by atomic mass is 9.99. The largest absolute Gasteiger partial charge is 0.481 e. The van der Waals surface area contributed by atoms with E-state index >= 15 is 0 Å². The fourth-order valence-corrected chi connectivity index (χ4v) is 2.14. The number of hydrogen-bond acceptors (Lipinski definition) is 2. The van der Waals surface area contributed by atoms with Gasteiger partial charge in [-0.2, -0.15) is 13.2 Å². The zero-order valence-electron chi connectivity index (χ0n) is 11.6. The molecule has 3 nitrogen and oxygen atoms in total. The summed E-state index contributed by atoms with van der Waals surface area (Å²) in [4.78, 5) is 14.5. The molecule has 0 unspecified atom stereocenters. The van der Waals surface area contributed by atoms with Gasteiger partial charge in [-0.1, -0.05) is 30.3 Å². The molecule has 0 bridgehead atoms. The molecule has 1 heterocycles. The van der Waals surface area contributed by atoms with Crippen LogP contribution in [0.1, 0.15) is 24.0 Å². The van der Waals surface area contributed by atoms with E-state index in [-0.39, 0.29) is 19.3 Å². The van der Waals surface area contributed by atoms with Gasteiger partial charge in [-0.25, -0.2) is 0 Å². The highest BCUT2D eigenvalue weighted by Gasteiger charge is 2.31. The minimum atomic E-state index is -4.47. The third-order valence-electron chi connectivity index (χ3n) is 3.18. The number of nitrogens with zero attached hydrogens (tertiary/aromatic N) is 1. The maximum Gasteiger partial charge on any atom is 0.417 e. The number of carbonyl (C=O) groups is 1. The van der Waals surface area contributed by atoms with Crippen molar-refractivity contribution < 1.29 is 23.1 Å². The van der Waals surface area contributed by atoms with Crippen molar-refractivity contribution in [2.45, 2.75) is 25.4 Å². The summed E-state index contributed by atoms with van der Waals surface area (Å²) in [7, 11) is 0. The highest BCUT2D eigenvalue weighted by molar-refractivity contribution is 5.67. The van der Waals surface area contributed by atoms with E-state index in [0.29, 0.717) is 16.8 Å². The minimum absolute atomic E-state index is 0.0928. The highest BCUT2D eigenvalue weighted by atomic mass is 19.4. The molecular weight excluding hydrogens is 295 g/mol. The second kappa shape index (κ2) is 6.60. The van der Waals surface area contributed by atoms with Gasteiger partial charge in [0.25, 0.3) is 0 Å². The number of benzene rings is 1. The van der Waals surface area contributed by atoms with Crippen molar-refractivity contribution in [3.63, 3.8) is 0 Å². The lowest BCUT2D eigenvalue weighted by Gasteiger charge is -2.12. The van der Waals surface area contributed by atoms with Crippen molar-refractivity contribution in [3.05, 3.63) is 53.7 Å². The summed E-state index contributed by atoms with van der Waals surface area (Å²) < 4.78 is 38.5. The number of hydrogen-bond donors (Lipinski definition) is 1. The van der Waals surface area contributed by atoms with E-state index in [1.165, 1.54) is 0 Å². The second-order valence-electron chi connectivity index (χ2n) is 4.84. The average Bonchev–Trinajstić information content (AvgIpc) is 2.47. The third-order valence-corrected chi connectivity index (χ3v) is 3.18. The SMILES string of the molecule is O=C(O)CCCc1cc(C(F)(F)F)cnc1-c1ccccc1. The van der Waals surface area contributed by atoms with Gasteiger partial charge in [0.15, 0.2) is 0 Å². The molecule has 1 N–H and O–H groups in total. The first-order valence-corrected chi connectivity index (χ1v) is 6.71. The molecule has 0 spiro atoms. The summed E-state index contributed by atoms with van der Waals surface area (Å²) in [6, 6.07) is 9.92. The Morgan fingerprint density at radius 2 is 1.86 bits per heavy atom. The molecule has 1 aromatic heterocycles. The van der Waals surface area contributed by atoms with Gasteiger partial charge in [0.2, 0.25) is 0 Å². The van der Waals surface area contributed by atoms with Crippen LogP contribution in [0.15, 0.2) is 42.6 Å². The summed E-state index contributed by atoms with van der Waals surface area (Å²) in [6.07, 6.45) is -3.26. The molecular formula is C16H14F3NO2. The van der Waals surface area contributed by atoms with Crippen LogP contribution in [-0.4, -0.2) is 16.1 Å². The predicted octanol–water partition coefficient (Wildman–Crippen LogP) is 4.17. The number of carboxylic acid groups (broad SMARTS) is 1. The molecule has 0 saturated heterocycles. The number of aryl methyl sites for hydroxylation is 1. The summed E-state index contributed by atoms with van der Waals surface area (Å²) in [5.41, 5.74) is 0.750. The maximum atomic E-state index is 12.8. The smallest absolute Gasteiger partial charge is 0.417 e. The van der Waals surface area contributed by atoms with Crippen LogP contribution in [0, 0.1) is 0 Å². The first-order chi connectivity index (χ1) is 10.4. The first kappa shape index (κ1) is 16.0. The maximum absolute atomic E-state index is 12.8. The summed E-state index contributed by atoms with van der Waals surface area (Å²) in [6.45, 7) is 0. The monoisotopic (exact) mass is 309 g/mol. The molecule has 0 atom stereocenters. The molecule has 0 amide bonds. The Labute approximate surface area is 125 Å². The molecule has 2 rings (SSSR count). The standard InChI is InChI=1S/C16H14F3NO2/c17-16(18,19)13-9-12(7-4-8-14(21)22)15(20-10-13)11-5-2-1-3-6-11/h1-3,5-6,9-10H,4,7-8H2,(H,21,22). The third kappa shape index (κ3) is 4.07. The molecule has 2 aromatic rings. The van der Waals surface area contributed by atoms with E-state index in [0.717, 1.165) is 12.3 Å². The normalized spacial score (nSPS) is 11.4. The van der Waals surface area contributed by atoms with Gasteiger partial charge in [0.05, 0.1) is 11.3 Å².